The minimum absolute atomic E-state index is 0.267. The van der Waals surface area contributed by atoms with Gasteiger partial charge in [-0.3, -0.25) is 0 Å². The summed E-state index contributed by atoms with van der Waals surface area (Å²) in [7, 11) is 0. The molecule has 0 aliphatic rings. The van der Waals surface area contributed by atoms with E-state index in [0.717, 1.165) is 11.5 Å². The fourth-order valence-electron chi connectivity index (χ4n) is 0.751. The van der Waals surface area contributed by atoms with Gasteiger partial charge in [0.2, 0.25) is 0 Å². The van der Waals surface area contributed by atoms with Crippen LogP contribution in [0.5, 0.6) is 0 Å². The zero-order chi connectivity index (χ0) is 8.97. The van der Waals surface area contributed by atoms with Crippen LogP contribution in [-0.2, 0) is 11.3 Å². The van der Waals surface area contributed by atoms with Gasteiger partial charge in [-0.1, -0.05) is 0 Å². The first kappa shape index (κ1) is 9.15. The average molecular weight is 187 g/mol. The lowest BCUT2D eigenvalue weighted by atomic mass is 10.3. The fourth-order valence-corrected chi connectivity index (χ4v) is 1.34. The van der Waals surface area contributed by atoms with Crippen LogP contribution in [0.4, 0.5) is 0 Å². The highest BCUT2D eigenvalue weighted by atomic mass is 32.1. The van der Waals surface area contributed by atoms with Crippen LogP contribution in [0.3, 0.4) is 0 Å². The van der Waals surface area contributed by atoms with Gasteiger partial charge in [-0.25, -0.2) is 4.79 Å². The second-order valence-electron chi connectivity index (χ2n) is 2.12. The van der Waals surface area contributed by atoms with Gasteiger partial charge in [0.25, 0.3) is 0 Å². The number of hydrogen-bond donors (Lipinski definition) is 1. The smallest absolute Gasteiger partial charge is 0.347 e. The monoisotopic (exact) mass is 187 g/mol. The summed E-state index contributed by atoms with van der Waals surface area (Å²) in [4.78, 5) is 10.8. The van der Waals surface area contributed by atoms with Crippen molar-refractivity contribution in [3.05, 3.63) is 16.6 Å². The molecule has 1 N–H and O–H groups in total. The summed E-state index contributed by atoms with van der Waals surface area (Å²) in [6.45, 7) is 2.77. The molecule has 0 saturated heterocycles. The van der Waals surface area contributed by atoms with Crippen LogP contribution in [0.1, 0.15) is 22.2 Å². The zero-order valence-electron chi connectivity index (χ0n) is 6.61. The van der Waals surface area contributed by atoms with Crippen LogP contribution < -0.4 is 0 Å². The molecule has 0 radical (unpaired) electrons. The molecule has 0 bridgehead atoms. The second-order valence-corrected chi connectivity index (χ2v) is 2.92. The van der Waals surface area contributed by atoms with Crippen molar-refractivity contribution < 1.29 is 14.6 Å². The van der Waals surface area contributed by atoms with Crippen molar-refractivity contribution in [3.8, 4) is 0 Å². The topological polar surface area (TPSA) is 59.4 Å². The van der Waals surface area contributed by atoms with Gasteiger partial charge in [-0.15, -0.1) is 0 Å². The number of aromatic nitrogens is 1. The van der Waals surface area contributed by atoms with Crippen LogP contribution in [0.2, 0.25) is 0 Å². The Bertz CT molecular complexity index is 271. The summed E-state index contributed by atoms with van der Waals surface area (Å²) in [5.41, 5.74) is 0.648. The van der Waals surface area contributed by atoms with E-state index in [1.54, 1.807) is 0 Å². The molecule has 1 rings (SSSR count). The van der Waals surface area contributed by atoms with Crippen LogP contribution in [0, 0.1) is 0 Å². The molecule has 0 spiro atoms. The third kappa shape index (κ3) is 2.02. The number of carbonyl (C=O) groups is 1. The standard InChI is InChI=1S/C7H9NO3S/c1-2-11-4-5-3-8-12-6(5)7(9)10/h3H,2,4H2,1H3,(H,9,10). The lowest BCUT2D eigenvalue weighted by molar-refractivity contribution is 0.0695. The van der Waals surface area contributed by atoms with Gasteiger partial charge in [-0.05, 0) is 18.5 Å². The van der Waals surface area contributed by atoms with Crippen molar-refractivity contribution in [2.24, 2.45) is 0 Å². The summed E-state index contributed by atoms with van der Waals surface area (Å²) >= 11 is 0.979. The Hall–Kier alpha value is -0.940. The van der Waals surface area contributed by atoms with Crippen molar-refractivity contribution >= 4 is 17.5 Å². The Morgan fingerprint density at radius 1 is 1.83 bits per heavy atom. The number of carboxylic acids is 1. The lowest BCUT2D eigenvalue weighted by Crippen LogP contribution is -1.99. The molecule has 0 aliphatic carbocycles. The fraction of sp³-hybridized carbons (Fsp3) is 0.429. The maximum absolute atomic E-state index is 10.6. The molecule has 0 aromatic carbocycles. The van der Waals surface area contributed by atoms with Crippen molar-refractivity contribution in [2.45, 2.75) is 13.5 Å². The average Bonchev–Trinajstić information content (AvgIpc) is 2.48. The van der Waals surface area contributed by atoms with E-state index in [4.69, 9.17) is 9.84 Å². The molecule has 12 heavy (non-hydrogen) atoms. The van der Waals surface area contributed by atoms with Gasteiger partial charge in [-0.2, -0.15) is 4.37 Å². The van der Waals surface area contributed by atoms with Gasteiger partial charge in [0, 0.05) is 18.4 Å². The molecule has 1 aromatic rings. The molecule has 0 atom stereocenters. The summed E-state index contributed by atoms with van der Waals surface area (Å²) in [6.07, 6.45) is 1.53. The van der Waals surface area contributed by atoms with Crippen LogP contribution in [-0.4, -0.2) is 22.1 Å². The van der Waals surface area contributed by atoms with Crippen molar-refractivity contribution in [2.75, 3.05) is 6.61 Å². The molecule has 0 saturated carbocycles. The van der Waals surface area contributed by atoms with Crippen molar-refractivity contribution in [3.63, 3.8) is 0 Å². The molecule has 0 aliphatic heterocycles. The Morgan fingerprint density at radius 2 is 2.58 bits per heavy atom. The Kier molecular flexibility index (Phi) is 3.19. The van der Waals surface area contributed by atoms with E-state index >= 15 is 0 Å². The number of carboxylic acid groups (broad SMARTS) is 1. The van der Waals surface area contributed by atoms with Gasteiger partial charge in [0.1, 0.15) is 4.88 Å². The minimum atomic E-state index is -0.938. The molecular weight excluding hydrogens is 178 g/mol. The number of hydrogen-bond acceptors (Lipinski definition) is 4. The summed E-state index contributed by atoms with van der Waals surface area (Å²) in [5.74, 6) is -0.938. The van der Waals surface area contributed by atoms with Crippen molar-refractivity contribution in [1.82, 2.24) is 4.37 Å². The number of ether oxygens (including phenoxy) is 1. The highest BCUT2D eigenvalue weighted by Gasteiger charge is 2.12. The SMILES string of the molecule is CCOCc1cnsc1C(=O)O. The third-order valence-electron chi connectivity index (χ3n) is 1.30. The van der Waals surface area contributed by atoms with Crippen LogP contribution in [0.15, 0.2) is 6.20 Å². The van der Waals surface area contributed by atoms with E-state index in [1.807, 2.05) is 6.92 Å². The highest BCUT2D eigenvalue weighted by Crippen LogP contribution is 2.14. The zero-order valence-corrected chi connectivity index (χ0v) is 7.43. The number of aromatic carboxylic acids is 1. The normalized spacial score (nSPS) is 10.1. The maximum atomic E-state index is 10.6. The highest BCUT2D eigenvalue weighted by molar-refractivity contribution is 7.08. The Morgan fingerprint density at radius 3 is 3.17 bits per heavy atom. The van der Waals surface area contributed by atoms with E-state index in [-0.39, 0.29) is 4.88 Å². The summed E-state index contributed by atoms with van der Waals surface area (Å²) < 4.78 is 8.85. The summed E-state index contributed by atoms with van der Waals surface area (Å²) in [6, 6.07) is 0. The number of rotatable bonds is 4. The van der Waals surface area contributed by atoms with E-state index in [9.17, 15) is 4.79 Å². The molecule has 0 fully saturated rings. The largest absolute Gasteiger partial charge is 0.477 e. The molecule has 0 unspecified atom stereocenters. The molecule has 66 valence electrons. The van der Waals surface area contributed by atoms with E-state index < -0.39 is 5.97 Å². The maximum Gasteiger partial charge on any atom is 0.347 e. The predicted molar refractivity (Wildman–Crippen MR) is 44.4 cm³/mol. The van der Waals surface area contributed by atoms with Crippen LogP contribution >= 0.6 is 11.5 Å². The third-order valence-corrected chi connectivity index (χ3v) is 2.13. The Labute approximate surface area is 74.0 Å². The first-order valence-corrected chi connectivity index (χ1v) is 4.27. The quantitative estimate of drug-likeness (QED) is 0.773. The lowest BCUT2D eigenvalue weighted by Gasteiger charge is -1.97. The molecule has 4 nitrogen and oxygen atoms in total. The number of nitrogens with zero attached hydrogens (tertiary/aromatic N) is 1. The first-order valence-electron chi connectivity index (χ1n) is 3.50. The van der Waals surface area contributed by atoms with Gasteiger partial charge < -0.3 is 9.84 Å². The van der Waals surface area contributed by atoms with Gasteiger partial charge in [0.15, 0.2) is 0 Å². The molecule has 1 aromatic heterocycles. The van der Waals surface area contributed by atoms with E-state index in [2.05, 4.69) is 4.37 Å². The van der Waals surface area contributed by atoms with Gasteiger partial charge >= 0.3 is 5.97 Å². The van der Waals surface area contributed by atoms with Crippen molar-refractivity contribution in [1.29, 1.82) is 0 Å². The van der Waals surface area contributed by atoms with Crippen LogP contribution in [0.25, 0.3) is 0 Å². The molecule has 1 heterocycles. The van der Waals surface area contributed by atoms with Gasteiger partial charge in [0.05, 0.1) is 6.61 Å². The van der Waals surface area contributed by atoms with E-state index in [1.165, 1.54) is 6.20 Å². The summed E-state index contributed by atoms with van der Waals surface area (Å²) in [5, 5.41) is 8.67. The first-order chi connectivity index (χ1) is 5.75. The van der Waals surface area contributed by atoms with E-state index in [0.29, 0.717) is 18.8 Å². The molecule has 5 heteroatoms. The predicted octanol–water partition coefficient (Wildman–Crippen LogP) is 1.38. The molecule has 0 amide bonds. The second kappa shape index (κ2) is 4.18. The Balaban J connectivity index is 2.70. The molecular formula is C7H9NO3S. The minimum Gasteiger partial charge on any atom is -0.477 e.